The number of ether oxygens (including phenoxy) is 4. The fraction of sp³-hybridized carbons (Fsp3) is 1.00. The van der Waals surface area contributed by atoms with Crippen LogP contribution in [0.5, 0.6) is 0 Å². The van der Waals surface area contributed by atoms with Gasteiger partial charge in [-0.3, -0.25) is 0 Å². The van der Waals surface area contributed by atoms with E-state index < -0.39 is 52.6 Å². The van der Waals surface area contributed by atoms with Crippen LogP contribution in [0.25, 0.3) is 0 Å². The molecule has 0 amide bonds. The number of hydrogen-bond acceptors (Lipinski definition) is 12. The van der Waals surface area contributed by atoms with Crippen LogP contribution in [0, 0.1) is 0 Å². The van der Waals surface area contributed by atoms with Crippen molar-refractivity contribution in [1.29, 1.82) is 0 Å². The van der Waals surface area contributed by atoms with Gasteiger partial charge >= 0.3 is 34.5 Å². The normalized spacial score (nSPS) is 34.8. The van der Waals surface area contributed by atoms with Gasteiger partial charge in [-0.2, -0.15) is 0 Å². The van der Waals surface area contributed by atoms with Crippen LogP contribution in [-0.2, 0) is 53.4 Å². The van der Waals surface area contributed by atoms with Crippen molar-refractivity contribution in [3.05, 3.63) is 0 Å². The third kappa shape index (κ3) is 17.6. The maximum absolute atomic E-state index is 6.88. The van der Waals surface area contributed by atoms with Gasteiger partial charge in [0, 0.05) is 53.8 Å². The Kier molecular flexibility index (Phi) is 19.9. The van der Waals surface area contributed by atoms with E-state index in [2.05, 4.69) is 32.7 Å². The molecular weight excluding hydrogens is 721 g/mol. The molecule has 0 saturated carbocycles. The highest BCUT2D eigenvalue weighted by Crippen LogP contribution is 2.31. The van der Waals surface area contributed by atoms with Crippen LogP contribution in [0.1, 0.15) is 38.5 Å². The predicted molar refractivity (Wildman–Crippen MR) is 200 cm³/mol. The number of epoxide rings is 2. The van der Waals surface area contributed by atoms with Crippen LogP contribution in [0.2, 0.25) is 69.0 Å². The van der Waals surface area contributed by atoms with Crippen LogP contribution in [0.4, 0.5) is 0 Å². The summed E-state index contributed by atoms with van der Waals surface area (Å²) in [5.74, 6) is 0. The lowest BCUT2D eigenvalue weighted by Gasteiger charge is -2.40. The Morgan fingerprint density at radius 3 is 1.58 bits per heavy atom. The molecule has 4 rings (SSSR count). The van der Waals surface area contributed by atoms with Crippen LogP contribution < -0.4 is 0 Å². The number of rotatable bonds is 18. The second kappa shape index (κ2) is 22.1. The average Bonchev–Trinajstić information content (AvgIpc) is 3.97. The molecule has 0 aliphatic carbocycles. The van der Waals surface area contributed by atoms with Crippen molar-refractivity contribution in [1.82, 2.24) is 0 Å². The highest BCUT2D eigenvalue weighted by Gasteiger charge is 2.48. The standard InChI is InChI=1S/C18H42O8Si4.C12H26O4Si2/c1-19-30(20-2,21-3)15-14-29(6)25-27(4)12-8-7-11-24-28(5,26-29)13-9-10-22-16-18-17-23-18;1-17-8-4-3-7-15-18(2,16-17)9-5-6-13-10-12-11-14-12/h18,27H,7-17H2,1-6H3;12,17H,3-11H2,1-2H3. The highest BCUT2D eigenvalue weighted by molar-refractivity contribution is 6.84. The highest BCUT2D eigenvalue weighted by atomic mass is 28.5. The Morgan fingerprint density at radius 1 is 0.646 bits per heavy atom. The van der Waals surface area contributed by atoms with Crippen LogP contribution in [0.3, 0.4) is 0 Å². The van der Waals surface area contributed by atoms with Gasteiger partial charge in [-0.15, -0.1) is 0 Å². The summed E-state index contributed by atoms with van der Waals surface area (Å²) in [5.41, 5.74) is 0. The third-order valence-electron chi connectivity index (χ3n) is 9.23. The van der Waals surface area contributed by atoms with E-state index in [4.69, 9.17) is 53.4 Å². The lowest BCUT2D eigenvalue weighted by molar-refractivity contribution is 0.114. The Bertz CT molecular complexity index is 868. The smallest absolute Gasteiger partial charge is 0.439 e. The average molecular weight is 789 g/mol. The van der Waals surface area contributed by atoms with E-state index in [1.54, 1.807) is 21.3 Å². The molecule has 0 bridgehead atoms. The molecule has 0 N–H and O–H groups in total. The monoisotopic (exact) mass is 788 g/mol. The summed E-state index contributed by atoms with van der Waals surface area (Å²) in [6, 6.07) is 5.91. The van der Waals surface area contributed by atoms with Crippen molar-refractivity contribution < 1.29 is 53.4 Å². The molecule has 0 radical (unpaired) electrons. The maximum Gasteiger partial charge on any atom is 0.500 e. The zero-order valence-corrected chi connectivity index (χ0v) is 37.7. The van der Waals surface area contributed by atoms with Crippen molar-refractivity contribution in [2.75, 3.05) is 74.2 Å². The molecule has 4 aliphatic rings. The minimum absolute atomic E-state index is 0.307. The molecule has 12 nitrogen and oxygen atoms in total. The second-order valence-electron chi connectivity index (χ2n) is 14.1. The summed E-state index contributed by atoms with van der Waals surface area (Å²) in [7, 11) is -6.74. The van der Waals surface area contributed by atoms with Gasteiger partial charge in [0.15, 0.2) is 18.1 Å². The quantitative estimate of drug-likeness (QED) is 0.105. The van der Waals surface area contributed by atoms with Gasteiger partial charge in [-0.25, -0.2) is 0 Å². The molecule has 4 fully saturated rings. The topological polar surface area (TPSA) is 117 Å². The van der Waals surface area contributed by atoms with Crippen molar-refractivity contribution in [2.24, 2.45) is 0 Å². The summed E-state index contributed by atoms with van der Waals surface area (Å²) in [5, 5.41) is 0. The Labute approximate surface area is 299 Å². The largest absolute Gasteiger partial charge is 0.500 e. The van der Waals surface area contributed by atoms with E-state index in [1.165, 1.54) is 25.3 Å². The first kappa shape index (κ1) is 43.2. The van der Waals surface area contributed by atoms with Gasteiger partial charge in [0.05, 0.1) is 26.4 Å². The van der Waals surface area contributed by atoms with E-state index in [0.29, 0.717) is 31.5 Å². The molecule has 0 aromatic rings. The summed E-state index contributed by atoms with van der Waals surface area (Å²) in [4.78, 5) is 0. The molecule has 7 atom stereocenters. The number of hydrogen-bond donors (Lipinski definition) is 0. The minimum Gasteiger partial charge on any atom is -0.439 e. The molecule has 4 heterocycles. The van der Waals surface area contributed by atoms with Crippen molar-refractivity contribution in [3.63, 3.8) is 0 Å². The van der Waals surface area contributed by atoms with Gasteiger partial charge in [0.2, 0.25) is 0 Å². The molecule has 0 aromatic carbocycles. The van der Waals surface area contributed by atoms with Crippen LogP contribution in [-0.4, -0.2) is 139 Å². The summed E-state index contributed by atoms with van der Waals surface area (Å²) >= 11 is 0. The van der Waals surface area contributed by atoms with Gasteiger partial charge in [-0.1, -0.05) is 12.8 Å². The van der Waals surface area contributed by atoms with E-state index in [1.807, 2.05) is 0 Å². The molecule has 0 aromatic heterocycles. The zero-order chi connectivity index (χ0) is 34.9. The first-order valence-electron chi connectivity index (χ1n) is 18.3. The molecular formula is C30H68O12Si6. The second-order valence-corrected chi connectivity index (χ2v) is 33.2. The lowest BCUT2D eigenvalue weighted by Crippen LogP contribution is -2.55. The van der Waals surface area contributed by atoms with Gasteiger partial charge in [-0.05, 0) is 88.6 Å². The SMILES string of the molecule is CO[Si](CC[Si]1(C)O[SiH](C)CCCCO[Si](C)(CCCOCC2CO2)O1)(OC)OC.C[SiH]1CCCCO[Si](C)(CCCOCC2CO2)O1. The molecule has 284 valence electrons. The lowest BCUT2D eigenvalue weighted by atomic mass is 10.4. The molecule has 48 heavy (non-hydrogen) atoms. The third-order valence-corrected chi connectivity index (χ3v) is 30.9. The van der Waals surface area contributed by atoms with E-state index in [9.17, 15) is 0 Å². The Balaban J connectivity index is 0.000000294. The van der Waals surface area contributed by atoms with Crippen LogP contribution >= 0.6 is 0 Å². The summed E-state index contributed by atoms with van der Waals surface area (Å²) < 4.78 is 70.9. The van der Waals surface area contributed by atoms with E-state index in [0.717, 1.165) is 83.1 Å². The van der Waals surface area contributed by atoms with E-state index >= 15 is 0 Å². The van der Waals surface area contributed by atoms with Crippen molar-refractivity contribution in [2.45, 2.75) is 120 Å². The summed E-state index contributed by atoms with van der Waals surface area (Å²) in [6.07, 6.45) is 7.39. The Hall–Kier alpha value is 0.821. The van der Waals surface area contributed by atoms with Gasteiger partial charge in [0.1, 0.15) is 12.2 Å². The predicted octanol–water partition coefficient (Wildman–Crippen LogP) is 5.06. The summed E-state index contributed by atoms with van der Waals surface area (Å²) in [6.45, 7) is 17.5. The fourth-order valence-electron chi connectivity index (χ4n) is 6.21. The minimum atomic E-state index is -2.68. The van der Waals surface area contributed by atoms with Crippen molar-refractivity contribution in [3.8, 4) is 0 Å². The van der Waals surface area contributed by atoms with E-state index in [-0.39, 0.29) is 0 Å². The first-order chi connectivity index (χ1) is 23.0. The molecule has 0 spiro atoms. The van der Waals surface area contributed by atoms with Crippen molar-refractivity contribution >= 4 is 52.6 Å². The van der Waals surface area contributed by atoms with Gasteiger partial charge in [0.25, 0.3) is 0 Å². The Morgan fingerprint density at radius 2 is 1.10 bits per heavy atom. The molecule has 18 heteroatoms. The van der Waals surface area contributed by atoms with Gasteiger partial charge < -0.3 is 53.4 Å². The molecule has 4 aliphatic heterocycles. The fourth-order valence-corrected chi connectivity index (χ4v) is 29.4. The molecule has 4 saturated heterocycles. The first-order valence-corrected chi connectivity index (χ1v) is 32.7. The molecule has 7 unspecified atom stereocenters. The maximum atomic E-state index is 6.88. The van der Waals surface area contributed by atoms with Crippen LogP contribution in [0.15, 0.2) is 0 Å². The zero-order valence-electron chi connectivity index (χ0n) is 31.4.